The fourth-order valence-corrected chi connectivity index (χ4v) is 1.11. The Hall–Kier alpha value is -2.03. The molecule has 6 nitrogen and oxygen atoms in total. The van der Waals surface area contributed by atoms with E-state index in [1.165, 1.54) is 18.7 Å². The summed E-state index contributed by atoms with van der Waals surface area (Å²) in [4.78, 5) is 24.6. The lowest BCUT2D eigenvalue weighted by molar-refractivity contribution is 0.0593. The molecule has 1 aromatic heterocycles. The zero-order valence-corrected chi connectivity index (χ0v) is 7.83. The summed E-state index contributed by atoms with van der Waals surface area (Å²) in [6.07, 6.45) is -0.0142. The molecule has 0 saturated carbocycles. The second-order valence-electron chi connectivity index (χ2n) is 2.64. The summed E-state index contributed by atoms with van der Waals surface area (Å²) in [7, 11) is 2.70. The summed E-state index contributed by atoms with van der Waals surface area (Å²) in [6, 6.07) is 1.87. The number of nitriles is 1. The first-order valence-electron chi connectivity index (χ1n) is 3.85. The summed E-state index contributed by atoms with van der Waals surface area (Å²) < 4.78 is 5.68. The van der Waals surface area contributed by atoms with Gasteiger partial charge < -0.3 is 4.74 Å². The highest BCUT2D eigenvalue weighted by Gasteiger charge is 2.17. The van der Waals surface area contributed by atoms with E-state index in [1.54, 1.807) is 0 Å². The summed E-state index contributed by atoms with van der Waals surface area (Å²) in [5, 5.41) is 8.50. The third-order valence-electron chi connectivity index (χ3n) is 1.87. The number of carbonyl (C=O) groups is 1. The van der Waals surface area contributed by atoms with Crippen LogP contribution in [-0.4, -0.2) is 22.6 Å². The number of H-pyrrole nitrogens is 1. The van der Waals surface area contributed by atoms with E-state index in [9.17, 15) is 9.59 Å². The average Bonchev–Trinajstić information content (AvgIpc) is 2.45. The number of rotatable bonds is 2. The molecule has 1 N–H and O–H groups in total. The van der Waals surface area contributed by atoms with Crippen LogP contribution >= 0.6 is 0 Å². The zero-order valence-electron chi connectivity index (χ0n) is 7.83. The Balaban J connectivity index is 3.30. The monoisotopic (exact) mass is 195 g/mol. The molecule has 0 saturated heterocycles. The Bertz CT molecular complexity index is 449. The maximum Gasteiger partial charge on any atom is 0.356 e. The van der Waals surface area contributed by atoms with Crippen molar-refractivity contribution >= 4 is 5.97 Å². The van der Waals surface area contributed by atoms with E-state index in [0.717, 1.165) is 0 Å². The van der Waals surface area contributed by atoms with E-state index in [0.29, 0.717) is 5.69 Å². The number of esters is 1. The minimum absolute atomic E-state index is 0.0142. The lowest BCUT2D eigenvalue weighted by Crippen LogP contribution is -2.14. The molecular formula is C8H9N3O3. The van der Waals surface area contributed by atoms with Crippen molar-refractivity contribution in [2.24, 2.45) is 7.05 Å². The van der Waals surface area contributed by atoms with E-state index < -0.39 is 11.7 Å². The first-order valence-corrected chi connectivity index (χ1v) is 3.85. The molecule has 0 aliphatic heterocycles. The number of hydrogen-bond acceptors (Lipinski definition) is 4. The minimum atomic E-state index is -0.645. The fraction of sp³-hybridized carbons (Fsp3) is 0.375. The van der Waals surface area contributed by atoms with Crippen molar-refractivity contribution in [2.75, 3.05) is 7.11 Å². The van der Waals surface area contributed by atoms with Crippen LogP contribution < -0.4 is 5.69 Å². The molecule has 0 radical (unpaired) electrons. The molecule has 14 heavy (non-hydrogen) atoms. The number of carbonyl (C=O) groups excluding carboxylic acids is 1. The molecule has 0 aliphatic rings. The number of hydrogen-bond donors (Lipinski definition) is 1. The number of imidazole rings is 1. The van der Waals surface area contributed by atoms with Gasteiger partial charge in [-0.05, 0) is 0 Å². The lowest BCUT2D eigenvalue weighted by atomic mass is 10.2. The second kappa shape index (κ2) is 3.79. The van der Waals surface area contributed by atoms with Crippen molar-refractivity contribution in [1.82, 2.24) is 9.55 Å². The number of nitrogens with one attached hydrogen (secondary N) is 1. The first kappa shape index (κ1) is 10.1. The predicted molar refractivity (Wildman–Crippen MR) is 46.7 cm³/mol. The molecule has 0 aliphatic carbocycles. The number of aromatic amines is 1. The van der Waals surface area contributed by atoms with Gasteiger partial charge >= 0.3 is 11.7 Å². The highest BCUT2D eigenvalue weighted by atomic mass is 16.5. The van der Waals surface area contributed by atoms with Crippen LogP contribution in [0, 0.1) is 11.3 Å². The van der Waals surface area contributed by atoms with Crippen molar-refractivity contribution in [2.45, 2.75) is 6.42 Å². The molecular weight excluding hydrogens is 186 g/mol. The summed E-state index contributed by atoms with van der Waals surface area (Å²) >= 11 is 0. The van der Waals surface area contributed by atoms with Gasteiger partial charge in [-0.15, -0.1) is 0 Å². The molecule has 1 heterocycles. The van der Waals surface area contributed by atoms with Crippen molar-refractivity contribution in [1.29, 1.82) is 5.26 Å². The largest absolute Gasteiger partial charge is 0.464 e. The van der Waals surface area contributed by atoms with Gasteiger partial charge in [-0.3, -0.25) is 9.55 Å². The van der Waals surface area contributed by atoms with Crippen LogP contribution in [0.1, 0.15) is 16.2 Å². The second-order valence-corrected chi connectivity index (χ2v) is 2.64. The molecule has 0 spiro atoms. The number of ether oxygens (including phenoxy) is 1. The van der Waals surface area contributed by atoms with Gasteiger partial charge in [0.25, 0.3) is 0 Å². The molecule has 0 unspecified atom stereocenters. The number of aromatic nitrogens is 2. The summed E-state index contributed by atoms with van der Waals surface area (Å²) in [5.74, 6) is -0.645. The third kappa shape index (κ3) is 1.52. The Labute approximate surface area is 79.7 Å². The maximum atomic E-state index is 11.2. The van der Waals surface area contributed by atoms with Crippen LogP contribution in [-0.2, 0) is 18.2 Å². The number of methoxy groups -OCH3 is 1. The molecule has 6 heteroatoms. The van der Waals surface area contributed by atoms with Crippen LogP contribution in [0.3, 0.4) is 0 Å². The van der Waals surface area contributed by atoms with Crippen LogP contribution in [0.2, 0.25) is 0 Å². The highest BCUT2D eigenvalue weighted by molar-refractivity contribution is 5.88. The Kier molecular flexibility index (Phi) is 2.72. The molecule has 0 aromatic carbocycles. The van der Waals surface area contributed by atoms with Gasteiger partial charge in [-0.1, -0.05) is 0 Å². The average molecular weight is 195 g/mol. The quantitative estimate of drug-likeness (QED) is 0.648. The van der Waals surface area contributed by atoms with Gasteiger partial charge in [0.1, 0.15) is 5.69 Å². The summed E-state index contributed by atoms with van der Waals surface area (Å²) in [5.41, 5.74) is -0.0541. The van der Waals surface area contributed by atoms with Crippen molar-refractivity contribution in [3.05, 3.63) is 21.9 Å². The smallest absolute Gasteiger partial charge is 0.356 e. The highest BCUT2D eigenvalue weighted by Crippen LogP contribution is 2.04. The van der Waals surface area contributed by atoms with Crippen LogP contribution in [0.25, 0.3) is 0 Å². The van der Waals surface area contributed by atoms with Crippen LogP contribution in [0.4, 0.5) is 0 Å². The fourth-order valence-electron chi connectivity index (χ4n) is 1.11. The van der Waals surface area contributed by atoms with Gasteiger partial charge in [0.2, 0.25) is 0 Å². The van der Waals surface area contributed by atoms with E-state index in [-0.39, 0.29) is 12.1 Å². The zero-order chi connectivity index (χ0) is 10.7. The maximum absolute atomic E-state index is 11.2. The molecule has 0 bridgehead atoms. The molecule has 1 rings (SSSR count). The third-order valence-corrected chi connectivity index (χ3v) is 1.87. The van der Waals surface area contributed by atoms with Gasteiger partial charge in [-0.25, -0.2) is 9.59 Å². The SMILES string of the molecule is COC(=O)c1[nH]c(=O)n(C)c1CC#N. The lowest BCUT2D eigenvalue weighted by Gasteiger charge is -1.99. The molecule has 1 aromatic rings. The van der Waals surface area contributed by atoms with E-state index in [4.69, 9.17) is 5.26 Å². The normalized spacial score (nSPS) is 9.50. The van der Waals surface area contributed by atoms with Crippen LogP contribution in [0.5, 0.6) is 0 Å². The predicted octanol–water partition coefficient (Wildman–Crippen LogP) is -0.434. The van der Waals surface area contributed by atoms with Crippen molar-refractivity contribution < 1.29 is 9.53 Å². The number of nitrogens with zero attached hydrogens (tertiary/aromatic N) is 2. The van der Waals surface area contributed by atoms with Crippen molar-refractivity contribution in [3.8, 4) is 6.07 Å². The molecule has 0 amide bonds. The Morgan fingerprint density at radius 1 is 1.71 bits per heavy atom. The Morgan fingerprint density at radius 3 is 2.86 bits per heavy atom. The van der Waals surface area contributed by atoms with Crippen LogP contribution in [0.15, 0.2) is 4.79 Å². The minimum Gasteiger partial charge on any atom is -0.464 e. The summed E-state index contributed by atoms with van der Waals surface area (Å²) in [6.45, 7) is 0. The van der Waals surface area contributed by atoms with Gasteiger partial charge in [0, 0.05) is 7.05 Å². The van der Waals surface area contributed by atoms with E-state index >= 15 is 0 Å². The first-order chi connectivity index (χ1) is 6.61. The van der Waals surface area contributed by atoms with E-state index in [1.807, 2.05) is 6.07 Å². The van der Waals surface area contributed by atoms with Crippen molar-refractivity contribution in [3.63, 3.8) is 0 Å². The van der Waals surface area contributed by atoms with Gasteiger partial charge in [-0.2, -0.15) is 5.26 Å². The Morgan fingerprint density at radius 2 is 2.36 bits per heavy atom. The molecule has 74 valence electrons. The van der Waals surface area contributed by atoms with Gasteiger partial charge in [0.05, 0.1) is 25.3 Å². The topological polar surface area (TPSA) is 87.9 Å². The standard InChI is InChI=1S/C8H9N3O3/c1-11-5(3-4-9)6(7(12)14-2)10-8(11)13/h3H2,1-2H3,(H,10,13). The molecule has 0 atom stereocenters. The van der Waals surface area contributed by atoms with Gasteiger partial charge in [0.15, 0.2) is 0 Å². The molecule has 0 fully saturated rings. The van der Waals surface area contributed by atoms with E-state index in [2.05, 4.69) is 9.72 Å².